The topological polar surface area (TPSA) is 69.6 Å². The predicted molar refractivity (Wildman–Crippen MR) is 53.1 cm³/mol. The van der Waals surface area contributed by atoms with Crippen molar-refractivity contribution < 1.29 is 15.0 Å². The van der Waals surface area contributed by atoms with Crippen LogP contribution in [0.25, 0.3) is 0 Å². The molecule has 1 rings (SSSR count). The fourth-order valence-electron chi connectivity index (χ4n) is 1.76. The lowest BCUT2D eigenvalue weighted by atomic mass is 9.79. The van der Waals surface area contributed by atoms with Crippen LogP contribution in [0.15, 0.2) is 0 Å². The lowest BCUT2D eigenvalue weighted by Gasteiger charge is -2.34. The van der Waals surface area contributed by atoms with E-state index in [9.17, 15) is 9.90 Å². The van der Waals surface area contributed by atoms with Crippen molar-refractivity contribution in [2.75, 3.05) is 6.54 Å². The number of hydrogen-bond acceptors (Lipinski definition) is 3. The van der Waals surface area contributed by atoms with Gasteiger partial charge in [-0.05, 0) is 19.3 Å². The summed E-state index contributed by atoms with van der Waals surface area (Å²) in [6.07, 6.45) is 3.06. The summed E-state index contributed by atoms with van der Waals surface area (Å²) in [5.74, 6) is -0.970. The third-order valence-corrected chi connectivity index (χ3v) is 2.83. The van der Waals surface area contributed by atoms with E-state index in [1.165, 1.54) is 0 Å². The first kappa shape index (κ1) is 11.5. The van der Waals surface area contributed by atoms with Crippen molar-refractivity contribution in [1.82, 2.24) is 5.32 Å². The summed E-state index contributed by atoms with van der Waals surface area (Å²) >= 11 is 0. The number of aliphatic hydroxyl groups excluding tert-OH is 1. The van der Waals surface area contributed by atoms with E-state index in [2.05, 4.69) is 5.32 Å². The molecule has 3 N–H and O–H groups in total. The van der Waals surface area contributed by atoms with Gasteiger partial charge in [-0.2, -0.15) is 0 Å². The third kappa shape index (κ3) is 2.96. The molecule has 0 aromatic carbocycles. The summed E-state index contributed by atoms with van der Waals surface area (Å²) in [5.41, 5.74) is 0. The van der Waals surface area contributed by atoms with Gasteiger partial charge >= 0.3 is 5.97 Å². The number of nitrogens with one attached hydrogen (secondary N) is 1. The predicted octanol–water partition coefficient (Wildman–Crippen LogP) is 0.600. The lowest BCUT2D eigenvalue weighted by Crippen LogP contribution is -2.49. The Labute approximate surface area is 84.3 Å². The number of aliphatic hydroxyl groups is 1. The van der Waals surface area contributed by atoms with Gasteiger partial charge in [0.15, 0.2) is 0 Å². The normalized spacial score (nSPS) is 28.1. The molecule has 14 heavy (non-hydrogen) atoms. The van der Waals surface area contributed by atoms with E-state index in [-0.39, 0.29) is 18.1 Å². The maximum Gasteiger partial charge on any atom is 0.308 e. The average Bonchev–Trinajstić information content (AvgIpc) is 2.01. The zero-order valence-corrected chi connectivity index (χ0v) is 8.57. The Balaban J connectivity index is 2.15. The number of carboxylic acid groups (broad SMARTS) is 1. The fraction of sp³-hybridized carbons (Fsp3) is 0.900. The van der Waals surface area contributed by atoms with Crippen molar-refractivity contribution in [2.24, 2.45) is 5.92 Å². The van der Waals surface area contributed by atoms with E-state index in [0.29, 0.717) is 6.54 Å². The van der Waals surface area contributed by atoms with Crippen LogP contribution in [-0.4, -0.2) is 34.9 Å². The first-order chi connectivity index (χ1) is 6.65. The van der Waals surface area contributed by atoms with Crippen molar-refractivity contribution in [1.29, 1.82) is 0 Å². The van der Waals surface area contributed by atoms with Crippen molar-refractivity contribution >= 4 is 5.97 Å². The largest absolute Gasteiger partial charge is 0.481 e. The number of carbonyl (C=O) groups is 1. The molecule has 0 heterocycles. The molecule has 1 saturated carbocycles. The number of rotatable bonds is 6. The van der Waals surface area contributed by atoms with Crippen molar-refractivity contribution in [3.63, 3.8) is 0 Å². The zero-order valence-electron chi connectivity index (χ0n) is 8.57. The number of aliphatic carboxylic acids is 1. The van der Waals surface area contributed by atoms with E-state index < -0.39 is 5.97 Å². The Morgan fingerprint density at radius 2 is 2.29 bits per heavy atom. The first-order valence-electron chi connectivity index (χ1n) is 5.29. The van der Waals surface area contributed by atoms with Crippen LogP contribution in [-0.2, 0) is 4.79 Å². The minimum absolute atomic E-state index is 0.0685. The molecule has 0 bridgehead atoms. The highest BCUT2D eigenvalue weighted by molar-refractivity contribution is 5.72. The van der Waals surface area contributed by atoms with Crippen molar-refractivity contribution in [3.05, 3.63) is 0 Å². The van der Waals surface area contributed by atoms with E-state index in [0.717, 1.165) is 25.7 Å². The summed E-state index contributed by atoms with van der Waals surface area (Å²) in [6, 6.07) is 0.0685. The van der Waals surface area contributed by atoms with Crippen LogP contribution in [0.4, 0.5) is 0 Å². The van der Waals surface area contributed by atoms with Crippen molar-refractivity contribution in [2.45, 2.75) is 44.8 Å². The van der Waals surface area contributed by atoms with E-state index in [1.807, 2.05) is 6.92 Å². The van der Waals surface area contributed by atoms with Gasteiger partial charge in [0, 0.05) is 12.6 Å². The lowest BCUT2D eigenvalue weighted by molar-refractivity contribution is -0.146. The first-order valence-corrected chi connectivity index (χ1v) is 5.29. The molecule has 3 atom stereocenters. The number of hydrogen-bond donors (Lipinski definition) is 3. The Hall–Kier alpha value is -0.610. The highest BCUT2D eigenvalue weighted by Crippen LogP contribution is 2.27. The molecule has 3 unspecified atom stereocenters. The van der Waals surface area contributed by atoms with Gasteiger partial charge in [0.25, 0.3) is 0 Å². The summed E-state index contributed by atoms with van der Waals surface area (Å²) in [4.78, 5) is 10.7. The summed E-state index contributed by atoms with van der Waals surface area (Å²) in [5, 5.41) is 21.3. The SMILES string of the molecule is CCCC(O)CNC1CCC1C(=O)O. The van der Waals surface area contributed by atoms with Gasteiger partial charge < -0.3 is 15.5 Å². The Bertz CT molecular complexity index is 196. The molecule has 0 aromatic heterocycles. The highest BCUT2D eigenvalue weighted by atomic mass is 16.4. The van der Waals surface area contributed by atoms with Crippen molar-refractivity contribution in [3.8, 4) is 0 Å². The van der Waals surface area contributed by atoms with Gasteiger partial charge in [-0.15, -0.1) is 0 Å². The molecule has 0 amide bonds. The van der Waals surface area contributed by atoms with E-state index in [1.54, 1.807) is 0 Å². The summed E-state index contributed by atoms with van der Waals surface area (Å²) in [7, 11) is 0. The van der Waals surface area contributed by atoms with E-state index in [4.69, 9.17) is 5.11 Å². The molecule has 82 valence electrons. The Morgan fingerprint density at radius 3 is 2.71 bits per heavy atom. The molecule has 1 fully saturated rings. The minimum Gasteiger partial charge on any atom is -0.481 e. The number of carboxylic acids is 1. The molecular weight excluding hydrogens is 182 g/mol. The summed E-state index contributed by atoms with van der Waals surface area (Å²) in [6.45, 7) is 2.54. The molecule has 0 saturated heterocycles. The quantitative estimate of drug-likeness (QED) is 0.588. The highest BCUT2D eigenvalue weighted by Gasteiger charge is 2.36. The van der Waals surface area contributed by atoms with Crippen LogP contribution in [0.2, 0.25) is 0 Å². The second-order valence-corrected chi connectivity index (χ2v) is 3.98. The monoisotopic (exact) mass is 201 g/mol. The van der Waals surface area contributed by atoms with Crippen LogP contribution < -0.4 is 5.32 Å². The maximum absolute atomic E-state index is 10.7. The van der Waals surface area contributed by atoms with Crippen LogP contribution in [0.3, 0.4) is 0 Å². The molecule has 1 aliphatic rings. The standard InChI is InChI=1S/C10H19NO3/c1-2-3-7(12)6-11-9-5-4-8(9)10(13)14/h7-9,11-12H,2-6H2,1H3,(H,13,14). The Morgan fingerprint density at radius 1 is 1.57 bits per heavy atom. The molecule has 1 aliphatic carbocycles. The second-order valence-electron chi connectivity index (χ2n) is 3.98. The van der Waals surface area contributed by atoms with Crippen LogP contribution in [0, 0.1) is 5.92 Å². The van der Waals surface area contributed by atoms with Gasteiger partial charge in [0.1, 0.15) is 0 Å². The zero-order chi connectivity index (χ0) is 10.6. The van der Waals surface area contributed by atoms with Gasteiger partial charge in [0.05, 0.1) is 12.0 Å². The molecule has 0 spiro atoms. The third-order valence-electron chi connectivity index (χ3n) is 2.83. The molecule has 4 heteroatoms. The van der Waals surface area contributed by atoms with Crippen LogP contribution >= 0.6 is 0 Å². The van der Waals surface area contributed by atoms with E-state index >= 15 is 0 Å². The van der Waals surface area contributed by atoms with Gasteiger partial charge in [0.2, 0.25) is 0 Å². The molecule has 0 aliphatic heterocycles. The van der Waals surface area contributed by atoms with Gasteiger partial charge in [-0.3, -0.25) is 4.79 Å². The molecule has 4 nitrogen and oxygen atoms in total. The molecular formula is C10H19NO3. The second kappa shape index (κ2) is 5.32. The Kier molecular flexibility index (Phi) is 4.35. The van der Waals surface area contributed by atoms with Gasteiger partial charge in [-0.25, -0.2) is 0 Å². The van der Waals surface area contributed by atoms with Crippen LogP contribution in [0.5, 0.6) is 0 Å². The fourth-order valence-corrected chi connectivity index (χ4v) is 1.76. The van der Waals surface area contributed by atoms with Gasteiger partial charge in [-0.1, -0.05) is 13.3 Å². The molecule has 0 aromatic rings. The van der Waals surface area contributed by atoms with Crippen LogP contribution in [0.1, 0.15) is 32.6 Å². The molecule has 0 radical (unpaired) electrons. The smallest absolute Gasteiger partial charge is 0.308 e. The summed E-state index contributed by atoms with van der Waals surface area (Å²) < 4.78 is 0. The maximum atomic E-state index is 10.7. The minimum atomic E-state index is -0.723. The average molecular weight is 201 g/mol.